The Balaban J connectivity index is 2.30. The number of hydrogen-bond donors (Lipinski definition) is 1. The molecule has 1 aromatic carbocycles. The standard InChI is InChI=1S/C14H17BrN2O2/c1-2-3-4-10(8-16)17-13(18)11-6-5-9(15)7-12(11)14(17)19/h5-7,10H,2-4,8,16H2,1H3. The molecule has 1 heterocycles. The van der Waals surface area contributed by atoms with Crippen molar-refractivity contribution in [3.05, 3.63) is 33.8 Å². The highest BCUT2D eigenvalue weighted by Gasteiger charge is 2.39. The van der Waals surface area contributed by atoms with Crippen molar-refractivity contribution in [2.45, 2.75) is 32.2 Å². The summed E-state index contributed by atoms with van der Waals surface area (Å²) in [5, 5.41) is 0. The highest BCUT2D eigenvalue weighted by atomic mass is 79.9. The summed E-state index contributed by atoms with van der Waals surface area (Å²) in [5.74, 6) is -0.452. The summed E-state index contributed by atoms with van der Waals surface area (Å²) in [6.45, 7) is 2.39. The highest BCUT2D eigenvalue weighted by molar-refractivity contribution is 9.10. The van der Waals surface area contributed by atoms with E-state index in [1.807, 2.05) is 0 Å². The van der Waals surface area contributed by atoms with Gasteiger partial charge in [-0.3, -0.25) is 14.5 Å². The van der Waals surface area contributed by atoms with Crippen molar-refractivity contribution in [1.82, 2.24) is 4.90 Å². The Hall–Kier alpha value is -1.20. The molecule has 2 rings (SSSR count). The average molecular weight is 325 g/mol. The fourth-order valence-electron chi connectivity index (χ4n) is 2.36. The van der Waals surface area contributed by atoms with E-state index in [1.54, 1.807) is 18.2 Å². The maximum absolute atomic E-state index is 12.4. The van der Waals surface area contributed by atoms with Crippen molar-refractivity contribution in [2.24, 2.45) is 5.73 Å². The van der Waals surface area contributed by atoms with E-state index < -0.39 is 0 Å². The zero-order valence-corrected chi connectivity index (χ0v) is 12.4. The molecule has 2 amide bonds. The van der Waals surface area contributed by atoms with Gasteiger partial charge in [0.1, 0.15) is 0 Å². The van der Waals surface area contributed by atoms with Crippen LogP contribution in [0.4, 0.5) is 0 Å². The first kappa shape index (κ1) is 14.2. The summed E-state index contributed by atoms with van der Waals surface area (Å²) in [6, 6.07) is 4.96. The van der Waals surface area contributed by atoms with Crippen molar-refractivity contribution >= 4 is 27.7 Å². The Morgan fingerprint density at radius 2 is 1.95 bits per heavy atom. The number of halogens is 1. The first-order valence-electron chi connectivity index (χ1n) is 6.47. The lowest BCUT2D eigenvalue weighted by Crippen LogP contribution is -2.44. The van der Waals surface area contributed by atoms with E-state index in [4.69, 9.17) is 5.73 Å². The molecule has 0 saturated heterocycles. The zero-order chi connectivity index (χ0) is 14.0. The molecule has 0 aromatic heterocycles. The predicted octanol–water partition coefficient (Wildman–Crippen LogP) is 2.56. The minimum absolute atomic E-state index is 0.203. The molecule has 1 atom stereocenters. The van der Waals surface area contributed by atoms with Crippen LogP contribution in [0.2, 0.25) is 0 Å². The Labute approximate surface area is 121 Å². The van der Waals surface area contributed by atoms with E-state index in [9.17, 15) is 9.59 Å². The number of unbranched alkanes of at least 4 members (excludes halogenated alkanes) is 1. The molecule has 1 aliphatic heterocycles. The summed E-state index contributed by atoms with van der Waals surface area (Å²) in [6.07, 6.45) is 2.74. The molecule has 2 N–H and O–H groups in total. The zero-order valence-electron chi connectivity index (χ0n) is 10.9. The van der Waals surface area contributed by atoms with Crippen molar-refractivity contribution in [2.75, 3.05) is 6.54 Å². The van der Waals surface area contributed by atoms with Gasteiger partial charge in [-0.1, -0.05) is 35.7 Å². The van der Waals surface area contributed by atoms with Gasteiger partial charge in [0, 0.05) is 11.0 Å². The molecule has 0 fully saturated rings. The second kappa shape index (κ2) is 5.84. The normalized spacial score (nSPS) is 15.8. The molecule has 0 radical (unpaired) electrons. The number of amides is 2. The van der Waals surface area contributed by atoms with E-state index >= 15 is 0 Å². The Kier molecular flexibility index (Phi) is 4.37. The van der Waals surface area contributed by atoms with Crippen LogP contribution >= 0.6 is 15.9 Å². The van der Waals surface area contributed by atoms with Gasteiger partial charge in [0.25, 0.3) is 11.8 Å². The first-order chi connectivity index (χ1) is 9.10. The Morgan fingerprint density at radius 1 is 1.26 bits per heavy atom. The fourth-order valence-corrected chi connectivity index (χ4v) is 2.72. The van der Waals surface area contributed by atoms with E-state index in [0.717, 1.165) is 23.7 Å². The van der Waals surface area contributed by atoms with Crippen LogP contribution in [0.15, 0.2) is 22.7 Å². The number of rotatable bonds is 5. The van der Waals surface area contributed by atoms with Crippen LogP contribution in [-0.4, -0.2) is 29.3 Å². The lowest BCUT2D eigenvalue weighted by atomic mass is 10.1. The third-order valence-corrected chi connectivity index (χ3v) is 3.90. The molecule has 0 saturated carbocycles. The number of carbonyl (C=O) groups is 2. The van der Waals surface area contributed by atoms with Gasteiger partial charge in [0.15, 0.2) is 0 Å². The van der Waals surface area contributed by atoms with Gasteiger partial charge in [0.05, 0.1) is 17.2 Å². The summed E-state index contributed by atoms with van der Waals surface area (Å²) in [4.78, 5) is 26.0. The SMILES string of the molecule is CCCCC(CN)N1C(=O)c2ccc(Br)cc2C1=O. The Bertz CT molecular complexity index is 516. The molecular formula is C14H17BrN2O2. The summed E-state index contributed by atoms with van der Waals surface area (Å²) in [5.41, 5.74) is 6.67. The molecule has 5 heteroatoms. The minimum atomic E-state index is -0.229. The molecule has 0 bridgehead atoms. The maximum Gasteiger partial charge on any atom is 0.261 e. The quantitative estimate of drug-likeness (QED) is 0.846. The van der Waals surface area contributed by atoms with Crippen molar-refractivity contribution in [1.29, 1.82) is 0 Å². The number of nitrogens with zero attached hydrogens (tertiary/aromatic N) is 1. The van der Waals surface area contributed by atoms with Crippen LogP contribution in [0.1, 0.15) is 46.9 Å². The third-order valence-electron chi connectivity index (χ3n) is 3.41. The van der Waals surface area contributed by atoms with E-state index in [0.29, 0.717) is 17.7 Å². The molecule has 1 aromatic rings. The largest absolute Gasteiger partial charge is 0.328 e. The highest BCUT2D eigenvalue weighted by Crippen LogP contribution is 2.28. The monoisotopic (exact) mass is 324 g/mol. The van der Waals surface area contributed by atoms with E-state index in [1.165, 1.54) is 4.90 Å². The molecule has 1 unspecified atom stereocenters. The van der Waals surface area contributed by atoms with Crippen LogP contribution < -0.4 is 5.73 Å². The number of carbonyl (C=O) groups excluding carboxylic acids is 2. The van der Waals surface area contributed by atoms with Gasteiger partial charge < -0.3 is 5.73 Å². The molecular weight excluding hydrogens is 308 g/mol. The van der Waals surface area contributed by atoms with Gasteiger partial charge in [-0.25, -0.2) is 0 Å². The fraction of sp³-hybridized carbons (Fsp3) is 0.429. The lowest BCUT2D eigenvalue weighted by molar-refractivity contribution is 0.0580. The number of benzene rings is 1. The average Bonchev–Trinajstić information content (AvgIpc) is 2.64. The maximum atomic E-state index is 12.4. The van der Waals surface area contributed by atoms with Crippen molar-refractivity contribution in [3.63, 3.8) is 0 Å². The number of imide groups is 1. The number of nitrogens with two attached hydrogens (primary N) is 1. The number of fused-ring (bicyclic) bond motifs is 1. The van der Waals surface area contributed by atoms with Crippen LogP contribution in [0.5, 0.6) is 0 Å². The van der Waals surface area contributed by atoms with Gasteiger partial charge in [-0.15, -0.1) is 0 Å². The van der Waals surface area contributed by atoms with Crippen molar-refractivity contribution in [3.8, 4) is 0 Å². The molecule has 1 aliphatic rings. The minimum Gasteiger partial charge on any atom is -0.328 e. The van der Waals surface area contributed by atoms with E-state index in [2.05, 4.69) is 22.9 Å². The van der Waals surface area contributed by atoms with Crippen LogP contribution in [0.25, 0.3) is 0 Å². The number of hydrogen-bond acceptors (Lipinski definition) is 3. The molecule has 19 heavy (non-hydrogen) atoms. The lowest BCUT2D eigenvalue weighted by Gasteiger charge is -2.24. The molecule has 0 aliphatic carbocycles. The summed E-state index contributed by atoms with van der Waals surface area (Å²) in [7, 11) is 0. The molecule has 4 nitrogen and oxygen atoms in total. The van der Waals surface area contributed by atoms with Gasteiger partial charge >= 0.3 is 0 Å². The third kappa shape index (κ3) is 2.58. The predicted molar refractivity (Wildman–Crippen MR) is 77.0 cm³/mol. The topological polar surface area (TPSA) is 63.4 Å². The summed E-state index contributed by atoms with van der Waals surface area (Å²) < 4.78 is 0.798. The van der Waals surface area contributed by atoms with E-state index in [-0.39, 0.29) is 17.9 Å². The van der Waals surface area contributed by atoms with Crippen LogP contribution in [-0.2, 0) is 0 Å². The van der Waals surface area contributed by atoms with Crippen LogP contribution in [0, 0.1) is 0 Å². The van der Waals surface area contributed by atoms with Gasteiger partial charge in [0.2, 0.25) is 0 Å². The van der Waals surface area contributed by atoms with Gasteiger partial charge in [-0.2, -0.15) is 0 Å². The molecule has 0 spiro atoms. The summed E-state index contributed by atoms with van der Waals surface area (Å²) >= 11 is 3.32. The molecule has 102 valence electrons. The second-order valence-corrected chi connectivity index (χ2v) is 5.62. The van der Waals surface area contributed by atoms with Gasteiger partial charge in [-0.05, 0) is 24.6 Å². The van der Waals surface area contributed by atoms with Crippen molar-refractivity contribution < 1.29 is 9.59 Å². The second-order valence-electron chi connectivity index (χ2n) is 4.70. The first-order valence-corrected chi connectivity index (χ1v) is 7.27. The Morgan fingerprint density at radius 3 is 2.58 bits per heavy atom. The smallest absolute Gasteiger partial charge is 0.261 e. The van der Waals surface area contributed by atoms with Crippen LogP contribution in [0.3, 0.4) is 0 Å².